The van der Waals surface area contributed by atoms with Crippen molar-refractivity contribution in [3.63, 3.8) is 0 Å². The topological polar surface area (TPSA) is 234 Å². The highest BCUT2D eigenvalue weighted by Gasteiger charge is 2.78. The van der Waals surface area contributed by atoms with Gasteiger partial charge in [-0.15, -0.1) is 0 Å². The maximum atomic E-state index is 16.1. The van der Waals surface area contributed by atoms with Crippen LogP contribution in [0.1, 0.15) is 90.1 Å². The van der Waals surface area contributed by atoms with Crippen molar-refractivity contribution in [1.29, 1.82) is 0 Å². The van der Waals surface area contributed by atoms with E-state index in [1.54, 1.807) is 123 Å². The molecule has 16 nitrogen and oxygen atoms in total. The van der Waals surface area contributed by atoms with E-state index in [-0.39, 0.29) is 40.9 Å². The Balaban J connectivity index is 1.21. The molecule has 1 aliphatic heterocycles. The minimum atomic E-state index is -2.46. The van der Waals surface area contributed by atoms with E-state index in [9.17, 15) is 39.3 Å². The van der Waals surface area contributed by atoms with Crippen molar-refractivity contribution in [2.24, 2.45) is 16.7 Å². The molecule has 9 rings (SSSR count). The molecular formula is C55H54N2O14. The van der Waals surface area contributed by atoms with Gasteiger partial charge in [0.25, 0.3) is 5.91 Å². The number of benzene rings is 4. The first-order valence-corrected chi connectivity index (χ1v) is 23.4. The Bertz CT molecular complexity index is 2950. The van der Waals surface area contributed by atoms with Crippen LogP contribution in [0, 0.1) is 16.7 Å². The summed E-state index contributed by atoms with van der Waals surface area (Å²) in [6.45, 7) is 6.86. The van der Waals surface area contributed by atoms with Crippen molar-refractivity contribution in [2.45, 2.75) is 101 Å². The van der Waals surface area contributed by atoms with Gasteiger partial charge in [-0.05, 0) is 67.0 Å². The minimum absolute atomic E-state index is 0.0410. The second-order valence-corrected chi connectivity index (χ2v) is 19.6. The fourth-order valence-electron chi connectivity index (χ4n) is 11.4. The number of ketones is 1. The summed E-state index contributed by atoms with van der Waals surface area (Å²) >= 11 is 0. The molecule has 11 atom stereocenters. The lowest BCUT2D eigenvalue weighted by Gasteiger charge is -2.67. The molecule has 1 unspecified atom stereocenters. The van der Waals surface area contributed by atoms with Crippen molar-refractivity contribution in [2.75, 3.05) is 6.61 Å². The maximum absolute atomic E-state index is 16.1. The van der Waals surface area contributed by atoms with Gasteiger partial charge in [0.2, 0.25) is 0 Å². The summed E-state index contributed by atoms with van der Waals surface area (Å²) in [5.74, 6) is -7.14. The van der Waals surface area contributed by atoms with Gasteiger partial charge in [-0.3, -0.25) is 19.4 Å². The molecule has 3 aliphatic carbocycles. The predicted molar refractivity (Wildman–Crippen MR) is 253 cm³/mol. The standard InChI is InChI=1S/C55H54N2O14/c1-30-38(68-51(65)43(60)42(32-17-9-6-10-18-32)57-48(62)33-19-11-7-12-20-33)27-55(66)47(70-49(63)34-21-13-8-14-22-34)45-53(5,39(59)26-40-54(45,29-67-40)71-31(2)58)46(61)44(41(30)52(55,3)4)69-50(64)36-25-35-23-15-16-24-37(35)56-28-36/h6-25,28,38-40,42-45,47,59-60,66H,26-27,29H2,1-5H3,(H,57,62)/t38-,39-,40+,42-,43+,44+,45?,47-,53+,54-,55+/m0/s1. The van der Waals surface area contributed by atoms with Gasteiger partial charge >= 0.3 is 23.9 Å². The quantitative estimate of drug-likeness (QED) is 0.0719. The summed E-state index contributed by atoms with van der Waals surface area (Å²) in [7, 11) is 0. The van der Waals surface area contributed by atoms with Crippen LogP contribution < -0.4 is 5.32 Å². The number of nitrogens with one attached hydrogen (secondary N) is 1. The number of carbonyl (C=O) groups is 6. The van der Waals surface area contributed by atoms with E-state index in [0.29, 0.717) is 16.5 Å². The number of para-hydroxylation sites is 1. The lowest BCUT2D eigenvalue weighted by Crippen LogP contribution is -2.82. The van der Waals surface area contributed by atoms with Crippen molar-refractivity contribution >= 4 is 46.5 Å². The molecule has 1 aromatic heterocycles. The lowest BCUT2D eigenvalue weighted by molar-refractivity contribution is -0.345. The van der Waals surface area contributed by atoms with E-state index in [4.69, 9.17) is 23.7 Å². The molecule has 1 amide bonds. The SMILES string of the molecule is CC(=O)O[C@@]12CO[C@@H]1C[C@H](O)[C@@]1(C)C(=O)[C@H](OC(=O)c3cnc4ccccc4c3)C3=C(C)[C@@H](OC(=O)[C@H](O)[C@@H](NC(=O)c4ccccc4)c4ccccc4)C[C@@](O)([C@@H](OC(=O)c4ccccc4)C12)C3(C)C. The number of amides is 1. The third-order valence-corrected chi connectivity index (χ3v) is 15.2. The predicted octanol–water partition coefficient (Wildman–Crippen LogP) is 5.58. The molecule has 5 aromatic rings. The molecule has 2 bridgehead atoms. The Kier molecular flexibility index (Phi) is 12.8. The van der Waals surface area contributed by atoms with E-state index >= 15 is 4.79 Å². The van der Waals surface area contributed by atoms with Crippen molar-refractivity contribution in [3.8, 4) is 0 Å². The summed E-state index contributed by atoms with van der Waals surface area (Å²) in [5, 5.41) is 41.7. The Hall–Kier alpha value is -7.11. The van der Waals surface area contributed by atoms with Crippen LogP contribution in [0.2, 0.25) is 0 Å². The number of pyridine rings is 1. The smallest absolute Gasteiger partial charge is 0.340 e. The zero-order valence-corrected chi connectivity index (χ0v) is 39.6. The number of aromatic nitrogens is 1. The molecular weight excluding hydrogens is 913 g/mol. The Morgan fingerprint density at radius 1 is 0.803 bits per heavy atom. The maximum Gasteiger partial charge on any atom is 0.340 e. The fraction of sp³-hybridized carbons (Fsp3) is 0.364. The largest absolute Gasteiger partial charge is 0.456 e. The van der Waals surface area contributed by atoms with Crippen LogP contribution in [0.15, 0.2) is 139 Å². The van der Waals surface area contributed by atoms with Crippen molar-refractivity contribution in [3.05, 3.63) is 161 Å². The highest BCUT2D eigenvalue weighted by molar-refractivity contribution is 5.99. The van der Waals surface area contributed by atoms with E-state index in [0.717, 1.165) is 6.92 Å². The van der Waals surface area contributed by atoms with E-state index in [1.165, 1.54) is 32.2 Å². The summed E-state index contributed by atoms with van der Waals surface area (Å²) in [6.07, 6.45) is -9.70. The van der Waals surface area contributed by atoms with Crippen LogP contribution >= 0.6 is 0 Å². The highest BCUT2D eigenvalue weighted by atomic mass is 16.6. The molecule has 4 aliphatic rings. The van der Waals surface area contributed by atoms with Crippen LogP contribution in [0.25, 0.3) is 10.9 Å². The van der Waals surface area contributed by atoms with Gasteiger partial charge in [0, 0.05) is 42.3 Å². The second-order valence-electron chi connectivity index (χ2n) is 19.6. The minimum Gasteiger partial charge on any atom is -0.456 e. The molecule has 2 saturated carbocycles. The third-order valence-electron chi connectivity index (χ3n) is 15.2. The molecule has 71 heavy (non-hydrogen) atoms. The van der Waals surface area contributed by atoms with E-state index < -0.39 is 113 Å². The molecule has 1 saturated heterocycles. The van der Waals surface area contributed by atoms with E-state index in [2.05, 4.69) is 10.3 Å². The first-order valence-electron chi connectivity index (χ1n) is 23.4. The first kappa shape index (κ1) is 48.9. The van der Waals surface area contributed by atoms with Gasteiger partial charge in [-0.1, -0.05) is 98.8 Å². The number of carbonyl (C=O) groups excluding carboxylic acids is 6. The van der Waals surface area contributed by atoms with Crippen LogP contribution in [0.4, 0.5) is 0 Å². The molecule has 0 radical (unpaired) electrons. The molecule has 0 spiro atoms. The number of rotatable bonds is 11. The molecule has 368 valence electrons. The first-order chi connectivity index (χ1) is 33.8. The van der Waals surface area contributed by atoms with Crippen molar-refractivity contribution in [1.82, 2.24) is 10.3 Å². The zero-order valence-electron chi connectivity index (χ0n) is 39.6. The number of esters is 4. The van der Waals surface area contributed by atoms with Crippen LogP contribution in [-0.2, 0) is 38.1 Å². The fourth-order valence-corrected chi connectivity index (χ4v) is 11.4. The number of hydrogen-bond acceptors (Lipinski definition) is 15. The average molecular weight is 967 g/mol. The Labute approximate surface area is 408 Å². The molecule has 2 heterocycles. The lowest BCUT2D eigenvalue weighted by atomic mass is 9.44. The number of nitrogens with zero attached hydrogens (tertiary/aromatic N) is 1. The van der Waals surface area contributed by atoms with Gasteiger partial charge in [0.15, 0.2) is 23.6 Å². The Morgan fingerprint density at radius 2 is 1.41 bits per heavy atom. The van der Waals surface area contributed by atoms with E-state index in [1.807, 2.05) is 0 Å². The molecule has 3 fully saturated rings. The van der Waals surface area contributed by atoms with Gasteiger partial charge in [-0.2, -0.15) is 0 Å². The highest BCUT2D eigenvalue weighted by Crippen LogP contribution is 2.64. The number of hydrogen-bond donors (Lipinski definition) is 4. The van der Waals surface area contributed by atoms with Crippen LogP contribution in [0.5, 0.6) is 0 Å². The molecule has 4 N–H and O–H groups in total. The third kappa shape index (κ3) is 8.27. The van der Waals surface area contributed by atoms with Crippen LogP contribution in [0.3, 0.4) is 0 Å². The number of aliphatic hydroxyl groups is 3. The summed E-state index contributed by atoms with van der Waals surface area (Å²) < 4.78 is 31.2. The van der Waals surface area contributed by atoms with Crippen molar-refractivity contribution < 1.29 is 67.8 Å². The second kappa shape index (κ2) is 18.6. The average Bonchev–Trinajstić information content (AvgIpc) is 3.36. The summed E-state index contributed by atoms with van der Waals surface area (Å²) in [5.41, 5.74) is -6.92. The zero-order chi connectivity index (χ0) is 50.6. The molecule has 16 heteroatoms. The number of aliphatic hydroxyl groups excluding tert-OH is 2. The molecule has 4 aromatic carbocycles. The summed E-state index contributed by atoms with van der Waals surface area (Å²) in [4.78, 5) is 91.0. The number of ether oxygens (including phenoxy) is 5. The number of fused-ring (bicyclic) bond motifs is 6. The van der Waals surface area contributed by atoms with Gasteiger partial charge in [0.05, 0.1) is 46.7 Å². The normalized spacial score (nSPS) is 29.3. The monoisotopic (exact) mass is 966 g/mol. The van der Waals surface area contributed by atoms with Gasteiger partial charge in [-0.25, -0.2) is 14.4 Å². The number of Topliss-reactive ketones (excluding diaryl/α,β-unsaturated/α-hetero) is 1. The van der Waals surface area contributed by atoms with Gasteiger partial charge < -0.3 is 44.3 Å². The Morgan fingerprint density at radius 3 is 2.04 bits per heavy atom. The summed E-state index contributed by atoms with van der Waals surface area (Å²) in [6, 6.07) is 31.5. The van der Waals surface area contributed by atoms with Gasteiger partial charge in [0.1, 0.15) is 23.9 Å². The van der Waals surface area contributed by atoms with Crippen LogP contribution in [-0.4, -0.2) is 110 Å².